The molecule has 0 amide bonds. The van der Waals surface area contributed by atoms with Crippen molar-refractivity contribution in [2.24, 2.45) is 0 Å². The van der Waals surface area contributed by atoms with E-state index < -0.39 is 31.9 Å². The van der Waals surface area contributed by atoms with Gasteiger partial charge < -0.3 is 10.2 Å². The number of hydrogen-bond donors (Lipinski definition) is 3. The Morgan fingerprint density at radius 1 is 0.690 bits per heavy atom. The van der Waals surface area contributed by atoms with Crippen LogP contribution < -0.4 is 0 Å². The Labute approximate surface area is 186 Å². The molecule has 0 spiro atoms. The van der Waals surface area contributed by atoms with Gasteiger partial charge in [0, 0.05) is 21.2 Å². The highest BCUT2D eigenvalue weighted by molar-refractivity contribution is 7.87. The van der Waals surface area contributed by atoms with Crippen molar-refractivity contribution in [2.75, 3.05) is 0 Å². The maximum Gasteiger partial charge on any atom is 0.283 e. The van der Waals surface area contributed by atoms with Gasteiger partial charge in [-0.3, -0.25) is 4.55 Å². The molecule has 0 aliphatic carbocycles. The van der Waals surface area contributed by atoms with Gasteiger partial charge in [0.25, 0.3) is 10.1 Å². The Morgan fingerprint density at radius 3 is 1.79 bits per heavy atom. The summed E-state index contributed by atoms with van der Waals surface area (Å²) in [6.45, 7) is 0. The van der Waals surface area contributed by atoms with E-state index in [2.05, 4.69) is 0 Å². The Morgan fingerprint density at radius 2 is 1.24 bits per heavy atom. The average Bonchev–Trinajstić information content (AvgIpc) is 2.63. The minimum absolute atomic E-state index is 0.0685. The molecule has 10 heteroatoms. The molecule has 0 heterocycles. The second-order valence-electron chi connectivity index (χ2n) is 6.03. The van der Waals surface area contributed by atoms with Gasteiger partial charge in [0.15, 0.2) is 4.75 Å². The molecule has 3 aromatic carbocycles. The van der Waals surface area contributed by atoms with Gasteiger partial charge in [-0.15, -0.1) is 0 Å². The average molecular weight is 494 g/mol. The molecule has 0 aliphatic heterocycles. The SMILES string of the molecule is O=S(=O)(O)C(c1ccccc1Cl)(c1c(O)cccc1O)c1c(Cl)ccc(Cl)c1Cl. The third kappa shape index (κ3) is 3.44. The lowest BCUT2D eigenvalue weighted by Gasteiger charge is -2.35. The highest BCUT2D eigenvalue weighted by atomic mass is 35.5. The lowest BCUT2D eigenvalue weighted by Crippen LogP contribution is -2.39. The van der Waals surface area contributed by atoms with Crippen LogP contribution in [-0.2, 0) is 14.9 Å². The fourth-order valence-corrected chi connectivity index (χ4v) is 5.93. The zero-order valence-electron chi connectivity index (χ0n) is 14.3. The minimum Gasteiger partial charge on any atom is -0.507 e. The van der Waals surface area contributed by atoms with Crippen molar-refractivity contribution in [1.82, 2.24) is 0 Å². The highest BCUT2D eigenvalue weighted by Gasteiger charge is 2.55. The highest BCUT2D eigenvalue weighted by Crippen LogP contribution is 2.56. The molecule has 0 aliphatic rings. The number of aromatic hydroxyl groups is 2. The van der Waals surface area contributed by atoms with E-state index in [4.69, 9.17) is 46.4 Å². The molecule has 152 valence electrons. The van der Waals surface area contributed by atoms with E-state index >= 15 is 0 Å². The number of benzene rings is 3. The Kier molecular flexibility index (Phi) is 5.98. The Hall–Kier alpha value is -1.67. The second-order valence-corrected chi connectivity index (χ2v) is 9.19. The number of halogens is 4. The van der Waals surface area contributed by atoms with Gasteiger partial charge >= 0.3 is 0 Å². The zero-order chi connectivity index (χ0) is 21.6. The first-order chi connectivity index (χ1) is 13.5. The second kappa shape index (κ2) is 7.87. The van der Waals surface area contributed by atoms with Gasteiger partial charge in [0.1, 0.15) is 11.5 Å². The normalized spacial score (nSPS) is 13.8. The lowest BCUT2D eigenvalue weighted by molar-refractivity contribution is 0.416. The molecule has 5 nitrogen and oxygen atoms in total. The third-order valence-corrected chi connectivity index (χ3v) is 7.26. The van der Waals surface area contributed by atoms with Crippen LogP contribution in [0, 0.1) is 0 Å². The van der Waals surface area contributed by atoms with Crippen LogP contribution in [0.5, 0.6) is 11.5 Å². The van der Waals surface area contributed by atoms with E-state index in [0.29, 0.717) is 0 Å². The van der Waals surface area contributed by atoms with Crippen LogP contribution in [0.2, 0.25) is 20.1 Å². The van der Waals surface area contributed by atoms with Crippen molar-refractivity contribution in [3.05, 3.63) is 91.4 Å². The maximum absolute atomic E-state index is 13.0. The van der Waals surface area contributed by atoms with Crippen molar-refractivity contribution in [3.63, 3.8) is 0 Å². The summed E-state index contributed by atoms with van der Waals surface area (Å²) in [5.74, 6) is -1.29. The number of rotatable bonds is 4. The molecule has 0 fully saturated rings. The van der Waals surface area contributed by atoms with Crippen LogP contribution in [0.3, 0.4) is 0 Å². The molecule has 1 atom stereocenters. The van der Waals surface area contributed by atoms with Gasteiger partial charge in [-0.2, -0.15) is 8.42 Å². The molecule has 3 N–H and O–H groups in total. The van der Waals surface area contributed by atoms with E-state index in [1.165, 1.54) is 42.5 Å². The van der Waals surface area contributed by atoms with E-state index in [-0.39, 0.29) is 31.2 Å². The smallest absolute Gasteiger partial charge is 0.283 e. The molecular weight excluding hydrogens is 482 g/mol. The first-order valence-corrected chi connectivity index (χ1v) is 10.9. The molecule has 0 radical (unpaired) electrons. The molecule has 0 aromatic heterocycles. The number of hydrogen-bond acceptors (Lipinski definition) is 4. The fraction of sp³-hybridized carbons (Fsp3) is 0.0526. The van der Waals surface area contributed by atoms with Gasteiger partial charge in [0.05, 0.1) is 15.6 Å². The van der Waals surface area contributed by atoms with E-state index in [0.717, 1.165) is 12.1 Å². The summed E-state index contributed by atoms with van der Waals surface area (Å²) >= 11 is 25.1. The van der Waals surface area contributed by atoms with Crippen LogP contribution in [0.1, 0.15) is 16.7 Å². The van der Waals surface area contributed by atoms with E-state index in [1.54, 1.807) is 0 Å². The van der Waals surface area contributed by atoms with Crippen molar-refractivity contribution in [1.29, 1.82) is 0 Å². The molecule has 29 heavy (non-hydrogen) atoms. The summed E-state index contributed by atoms with van der Waals surface area (Å²) in [6.07, 6.45) is 0. The summed E-state index contributed by atoms with van der Waals surface area (Å²) in [5, 5.41) is 20.4. The Bertz CT molecular complexity index is 1190. The summed E-state index contributed by atoms with van der Waals surface area (Å²) < 4.78 is 33.9. The van der Waals surface area contributed by atoms with Gasteiger partial charge in [0.2, 0.25) is 0 Å². The lowest BCUT2D eigenvalue weighted by atomic mass is 9.82. The first-order valence-electron chi connectivity index (χ1n) is 7.91. The number of phenolic OH excluding ortho intramolecular Hbond substituents is 2. The molecule has 3 rings (SSSR count). The monoisotopic (exact) mass is 492 g/mol. The summed E-state index contributed by atoms with van der Waals surface area (Å²) in [4.78, 5) is 0. The number of phenols is 2. The third-order valence-electron chi connectivity index (χ3n) is 4.41. The molecule has 1 unspecified atom stereocenters. The van der Waals surface area contributed by atoms with Crippen molar-refractivity contribution < 1.29 is 23.2 Å². The van der Waals surface area contributed by atoms with Crippen molar-refractivity contribution in [3.8, 4) is 11.5 Å². The van der Waals surface area contributed by atoms with Crippen LogP contribution in [0.25, 0.3) is 0 Å². The van der Waals surface area contributed by atoms with E-state index in [1.807, 2.05) is 0 Å². The van der Waals surface area contributed by atoms with Crippen LogP contribution >= 0.6 is 46.4 Å². The van der Waals surface area contributed by atoms with Crippen LogP contribution in [-0.4, -0.2) is 23.2 Å². The van der Waals surface area contributed by atoms with E-state index in [9.17, 15) is 23.2 Å². The summed E-state index contributed by atoms with van der Waals surface area (Å²) in [7, 11) is -5.25. The molecule has 0 bridgehead atoms. The van der Waals surface area contributed by atoms with Crippen molar-refractivity contribution in [2.45, 2.75) is 4.75 Å². The van der Waals surface area contributed by atoms with Gasteiger partial charge in [-0.05, 0) is 30.3 Å². The summed E-state index contributed by atoms with van der Waals surface area (Å²) in [6, 6.07) is 11.8. The van der Waals surface area contributed by atoms with Crippen LogP contribution in [0.4, 0.5) is 0 Å². The molecule has 0 saturated carbocycles. The largest absolute Gasteiger partial charge is 0.507 e. The predicted molar refractivity (Wildman–Crippen MR) is 114 cm³/mol. The summed E-state index contributed by atoms with van der Waals surface area (Å²) in [5.41, 5.74) is -1.16. The van der Waals surface area contributed by atoms with Crippen molar-refractivity contribution >= 4 is 56.5 Å². The Balaban J connectivity index is 2.73. The predicted octanol–water partition coefficient (Wildman–Crippen LogP) is 5.89. The zero-order valence-corrected chi connectivity index (χ0v) is 18.1. The van der Waals surface area contributed by atoms with Crippen LogP contribution in [0.15, 0.2) is 54.6 Å². The molecule has 0 saturated heterocycles. The first kappa shape index (κ1) is 22.0. The fourth-order valence-electron chi connectivity index (χ4n) is 3.28. The standard InChI is InChI=1S/C19H12Cl4O5S/c20-11-5-2-1-4-10(11)19(29(26,27)28,17-14(24)6-3-7-15(17)25)16-12(21)8-9-13(22)18(16)23/h1-9,24-25H,(H,26,27,28). The van der Waals surface area contributed by atoms with Gasteiger partial charge in [-0.1, -0.05) is 70.7 Å². The quantitative estimate of drug-likeness (QED) is 0.239. The maximum atomic E-state index is 13.0. The molecular formula is C19H12Cl4O5S. The topological polar surface area (TPSA) is 94.8 Å². The minimum atomic E-state index is -5.25. The molecule has 3 aromatic rings. The van der Waals surface area contributed by atoms with Gasteiger partial charge in [-0.25, -0.2) is 0 Å².